The van der Waals surface area contributed by atoms with Gasteiger partial charge < -0.3 is 0 Å². The third-order valence-corrected chi connectivity index (χ3v) is 0.401. The van der Waals surface area contributed by atoms with Crippen molar-refractivity contribution in [2.45, 2.75) is 6.92 Å². The van der Waals surface area contributed by atoms with Crippen LogP contribution in [0.15, 0.2) is 9.98 Å². The van der Waals surface area contributed by atoms with Gasteiger partial charge >= 0.3 is 0 Å². The van der Waals surface area contributed by atoms with Crippen LogP contribution in [0, 0.1) is 5.41 Å². The van der Waals surface area contributed by atoms with Crippen molar-refractivity contribution >= 4 is 18.9 Å². The fraction of sp³-hybridized carbons (Fsp3) is 0.250. The number of nitrogens with zero attached hydrogens (tertiary/aromatic N) is 2. The van der Waals surface area contributed by atoms with E-state index in [1.165, 1.54) is 6.21 Å². The zero-order valence-corrected chi connectivity index (χ0v) is 4.18. The van der Waals surface area contributed by atoms with Gasteiger partial charge in [0, 0.05) is 6.21 Å². The van der Waals surface area contributed by atoms with Crippen LogP contribution in [-0.4, -0.2) is 18.9 Å². The molecule has 0 aliphatic rings. The molecule has 0 aliphatic heterocycles. The van der Waals surface area contributed by atoms with Crippen LogP contribution >= 0.6 is 0 Å². The molecule has 7 heavy (non-hydrogen) atoms. The van der Waals surface area contributed by atoms with Crippen molar-refractivity contribution in [3.8, 4) is 0 Å². The Morgan fingerprint density at radius 1 is 1.86 bits per heavy atom. The summed E-state index contributed by atoms with van der Waals surface area (Å²) in [6.45, 7) is 4.81. The van der Waals surface area contributed by atoms with Crippen molar-refractivity contribution in [1.29, 1.82) is 5.41 Å². The van der Waals surface area contributed by atoms with Crippen molar-refractivity contribution in [3.63, 3.8) is 0 Å². The average molecular weight is 97.1 g/mol. The highest BCUT2D eigenvalue weighted by Crippen LogP contribution is 1.70. The molecule has 0 aromatic carbocycles. The summed E-state index contributed by atoms with van der Waals surface area (Å²) in [7, 11) is 0. The summed E-state index contributed by atoms with van der Waals surface area (Å²) >= 11 is 0. The van der Waals surface area contributed by atoms with E-state index in [9.17, 15) is 0 Å². The first-order chi connectivity index (χ1) is 3.31. The SMILES string of the molecule is C=NC(=N)/N=C\C. The van der Waals surface area contributed by atoms with E-state index in [0.717, 1.165) is 0 Å². The maximum absolute atomic E-state index is 6.71. The Bertz CT molecular complexity index is 104. The van der Waals surface area contributed by atoms with Gasteiger partial charge in [0.15, 0.2) is 0 Å². The van der Waals surface area contributed by atoms with Crippen LogP contribution in [0.3, 0.4) is 0 Å². The Kier molecular flexibility index (Phi) is 2.76. The van der Waals surface area contributed by atoms with Crippen LogP contribution in [0.2, 0.25) is 0 Å². The van der Waals surface area contributed by atoms with E-state index in [0.29, 0.717) is 0 Å². The molecule has 0 spiro atoms. The Morgan fingerprint density at radius 3 is 2.57 bits per heavy atom. The summed E-state index contributed by atoms with van der Waals surface area (Å²) in [5.74, 6) is -0.0394. The Hall–Kier alpha value is -0.990. The van der Waals surface area contributed by atoms with E-state index in [2.05, 4.69) is 16.7 Å². The summed E-state index contributed by atoms with van der Waals surface area (Å²) in [5.41, 5.74) is 0. The van der Waals surface area contributed by atoms with Gasteiger partial charge in [0.1, 0.15) is 0 Å². The average Bonchev–Trinajstić information content (AvgIpc) is 1.68. The van der Waals surface area contributed by atoms with Gasteiger partial charge in [-0.05, 0) is 13.6 Å². The highest BCUT2D eigenvalue weighted by Gasteiger charge is 1.74. The molecule has 0 atom stereocenters. The second-order valence-corrected chi connectivity index (χ2v) is 0.869. The first-order valence-corrected chi connectivity index (χ1v) is 1.85. The van der Waals surface area contributed by atoms with Crippen LogP contribution < -0.4 is 0 Å². The third kappa shape index (κ3) is 2.82. The Labute approximate surface area is 42.3 Å². The Balaban J connectivity index is 3.58. The lowest BCUT2D eigenvalue weighted by atomic mass is 10.8. The molecule has 0 amide bonds. The second kappa shape index (κ2) is 3.21. The molecule has 0 rings (SSSR count). The molecule has 0 aliphatic carbocycles. The first kappa shape index (κ1) is 6.01. The monoisotopic (exact) mass is 97.1 g/mol. The van der Waals surface area contributed by atoms with Crippen molar-refractivity contribution in [3.05, 3.63) is 0 Å². The zero-order valence-electron chi connectivity index (χ0n) is 4.18. The zero-order chi connectivity index (χ0) is 5.70. The van der Waals surface area contributed by atoms with E-state index in [4.69, 9.17) is 5.41 Å². The standard InChI is InChI=1S/C4H7N3/c1-3-7-4(5)6-2/h3,5H,2H2,1H3/b5-4?,7-3-. The minimum atomic E-state index is -0.0394. The highest BCUT2D eigenvalue weighted by molar-refractivity contribution is 5.87. The van der Waals surface area contributed by atoms with Crippen molar-refractivity contribution in [2.75, 3.05) is 0 Å². The van der Waals surface area contributed by atoms with Gasteiger partial charge in [-0.3, -0.25) is 5.41 Å². The summed E-state index contributed by atoms with van der Waals surface area (Å²) < 4.78 is 0. The maximum Gasteiger partial charge on any atom is 0.240 e. The van der Waals surface area contributed by atoms with Crippen LogP contribution in [0.25, 0.3) is 0 Å². The van der Waals surface area contributed by atoms with Gasteiger partial charge in [0.2, 0.25) is 5.96 Å². The molecule has 0 bridgehead atoms. The van der Waals surface area contributed by atoms with Gasteiger partial charge in [-0.15, -0.1) is 0 Å². The van der Waals surface area contributed by atoms with E-state index in [-0.39, 0.29) is 5.96 Å². The van der Waals surface area contributed by atoms with Gasteiger partial charge in [-0.1, -0.05) is 0 Å². The fourth-order valence-electron chi connectivity index (χ4n) is 0.163. The molecule has 3 heteroatoms. The van der Waals surface area contributed by atoms with Gasteiger partial charge in [0.25, 0.3) is 0 Å². The lowest BCUT2D eigenvalue weighted by molar-refractivity contribution is 1.39. The predicted octanol–water partition coefficient (Wildman–Crippen LogP) is 0.712. The van der Waals surface area contributed by atoms with E-state index < -0.39 is 0 Å². The summed E-state index contributed by atoms with van der Waals surface area (Å²) in [4.78, 5) is 6.69. The molecular formula is C4H7N3. The molecule has 0 saturated carbocycles. The molecular weight excluding hydrogens is 90.1 g/mol. The lowest BCUT2D eigenvalue weighted by Crippen LogP contribution is -1.81. The number of aliphatic imine (C=N–C) groups is 2. The van der Waals surface area contributed by atoms with Gasteiger partial charge in [-0.2, -0.15) is 0 Å². The number of hydrogen-bond acceptors (Lipinski definition) is 1. The molecule has 0 aromatic heterocycles. The first-order valence-electron chi connectivity index (χ1n) is 1.85. The summed E-state index contributed by atoms with van der Waals surface area (Å²) in [6, 6.07) is 0. The molecule has 38 valence electrons. The lowest BCUT2D eigenvalue weighted by Gasteiger charge is -1.77. The molecule has 3 nitrogen and oxygen atoms in total. The van der Waals surface area contributed by atoms with Crippen LogP contribution in [0.4, 0.5) is 0 Å². The minimum absolute atomic E-state index is 0.0394. The smallest absolute Gasteiger partial charge is 0.240 e. The normalized spacial score (nSPS) is 9.29. The van der Waals surface area contributed by atoms with Crippen LogP contribution in [0.5, 0.6) is 0 Å². The van der Waals surface area contributed by atoms with Crippen molar-refractivity contribution in [2.24, 2.45) is 9.98 Å². The minimum Gasteiger partial charge on any atom is -0.266 e. The van der Waals surface area contributed by atoms with Crippen molar-refractivity contribution < 1.29 is 0 Å². The Morgan fingerprint density at radius 2 is 2.43 bits per heavy atom. The van der Waals surface area contributed by atoms with Gasteiger partial charge in [0.05, 0.1) is 0 Å². The molecule has 0 unspecified atom stereocenters. The predicted molar refractivity (Wildman–Crippen MR) is 31.4 cm³/mol. The van der Waals surface area contributed by atoms with E-state index >= 15 is 0 Å². The molecule has 0 fully saturated rings. The van der Waals surface area contributed by atoms with Crippen LogP contribution in [0.1, 0.15) is 6.92 Å². The molecule has 0 radical (unpaired) electrons. The molecule has 0 heterocycles. The summed E-state index contributed by atoms with van der Waals surface area (Å²) in [5, 5.41) is 6.71. The molecule has 1 N–H and O–H groups in total. The fourth-order valence-corrected chi connectivity index (χ4v) is 0.163. The maximum atomic E-state index is 6.71. The largest absolute Gasteiger partial charge is 0.266 e. The summed E-state index contributed by atoms with van der Waals surface area (Å²) in [6.07, 6.45) is 1.50. The number of hydrogen-bond donors (Lipinski definition) is 1. The van der Waals surface area contributed by atoms with E-state index in [1.54, 1.807) is 6.92 Å². The number of rotatable bonds is 0. The molecule has 0 saturated heterocycles. The van der Waals surface area contributed by atoms with Gasteiger partial charge in [-0.25, -0.2) is 9.98 Å². The molecule has 0 aromatic rings. The third-order valence-electron chi connectivity index (χ3n) is 0.401. The van der Waals surface area contributed by atoms with E-state index in [1.807, 2.05) is 0 Å². The quantitative estimate of drug-likeness (QED) is 0.342. The topological polar surface area (TPSA) is 48.6 Å². The second-order valence-electron chi connectivity index (χ2n) is 0.869. The van der Waals surface area contributed by atoms with Crippen molar-refractivity contribution in [1.82, 2.24) is 0 Å². The highest BCUT2D eigenvalue weighted by atomic mass is 15.0. The number of guanidine groups is 1. The van der Waals surface area contributed by atoms with Crippen LogP contribution in [-0.2, 0) is 0 Å². The number of nitrogens with one attached hydrogen (secondary N) is 1.